The van der Waals surface area contributed by atoms with Crippen molar-refractivity contribution >= 4 is 66.4 Å². The Morgan fingerprint density at radius 2 is 1.89 bits per heavy atom. The Morgan fingerprint density at radius 3 is 2.61 bits per heavy atom. The Hall–Kier alpha value is -2.92. The minimum absolute atomic E-state index is 0. The highest BCUT2D eigenvalue weighted by molar-refractivity contribution is 7.89. The monoisotopic (exact) mass is 574 g/mol. The lowest BCUT2D eigenvalue weighted by Gasteiger charge is -2.33. The van der Waals surface area contributed by atoms with Crippen molar-refractivity contribution in [3.8, 4) is 5.75 Å². The molecule has 2 aromatic carbocycles. The van der Waals surface area contributed by atoms with Gasteiger partial charge in [0.15, 0.2) is 0 Å². The lowest BCUT2D eigenvalue weighted by atomic mass is 9.98. The molecule has 0 aliphatic carbocycles. The lowest BCUT2D eigenvalue weighted by Crippen LogP contribution is -2.51. The van der Waals surface area contributed by atoms with Gasteiger partial charge in [0.1, 0.15) is 17.6 Å². The molecule has 4 aromatic rings. The van der Waals surface area contributed by atoms with E-state index in [9.17, 15) is 13.2 Å². The predicted molar refractivity (Wildman–Crippen MR) is 155 cm³/mol. The van der Waals surface area contributed by atoms with E-state index < -0.39 is 16.1 Å². The number of amides is 1. The standard InChI is InChI=1S/C27H30N4O4S2.ClH/c1-17-8-11-31(12-9-17)27(32)24(16-21-15-23-25(36-21)7-10-29-26(23)28)30-37(33,34)22-6-4-18-3-5-20(35-2)13-19(18)14-22;/h3-7,10,13-15,17,24,30H,8-9,11-12,16H2,1-2H3,(H2,28,29);1H. The second kappa shape index (κ2) is 11.4. The largest absolute Gasteiger partial charge is 0.497 e. The number of aromatic nitrogens is 1. The van der Waals surface area contributed by atoms with Crippen molar-refractivity contribution in [2.45, 2.75) is 37.1 Å². The van der Waals surface area contributed by atoms with Crippen LogP contribution in [0.1, 0.15) is 24.6 Å². The molecular weight excluding hydrogens is 544 g/mol. The summed E-state index contributed by atoms with van der Waals surface area (Å²) >= 11 is 1.49. The number of halogens is 1. The van der Waals surface area contributed by atoms with E-state index in [0.29, 0.717) is 30.6 Å². The molecule has 0 spiro atoms. The van der Waals surface area contributed by atoms with Crippen molar-refractivity contribution in [3.05, 3.63) is 59.6 Å². The number of carbonyl (C=O) groups excluding carboxylic acids is 1. The van der Waals surface area contributed by atoms with Gasteiger partial charge < -0.3 is 15.4 Å². The molecule has 1 saturated heterocycles. The van der Waals surface area contributed by atoms with Crippen LogP contribution in [0.3, 0.4) is 0 Å². The van der Waals surface area contributed by atoms with Crippen LogP contribution in [0.5, 0.6) is 5.75 Å². The van der Waals surface area contributed by atoms with Gasteiger partial charge in [-0.2, -0.15) is 4.72 Å². The topological polar surface area (TPSA) is 115 Å². The molecule has 1 aliphatic rings. The summed E-state index contributed by atoms with van der Waals surface area (Å²) < 4.78 is 36.1. The quantitative estimate of drug-likeness (QED) is 0.333. The highest BCUT2D eigenvalue weighted by atomic mass is 35.5. The van der Waals surface area contributed by atoms with Crippen LogP contribution in [-0.4, -0.2) is 50.5 Å². The van der Waals surface area contributed by atoms with E-state index in [1.807, 2.05) is 24.3 Å². The Bertz CT molecular complexity index is 1570. The van der Waals surface area contributed by atoms with Crippen molar-refractivity contribution in [1.82, 2.24) is 14.6 Å². The van der Waals surface area contributed by atoms with Crippen LogP contribution in [0.4, 0.5) is 5.82 Å². The van der Waals surface area contributed by atoms with Crippen LogP contribution in [-0.2, 0) is 21.2 Å². The number of anilines is 1. The third kappa shape index (κ3) is 5.88. The molecule has 3 N–H and O–H groups in total. The minimum Gasteiger partial charge on any atom is -0.497 e. The molecule has 11 heteroatoms. The average Bonchev–Trinajstić information content (AvgIpc) is 3.31. The SMILES string of the molecule is COc1ccc2ccc(S(=O)(=O)NC(Cc3cc4c(N)nccc4s3)C(=O)N3CCC(C)CC3)cc2c1.Cl. The first kappa shape index (κ1) is 28.1. The molecule has 8 nitrogen and oxygen atoms in total. The van der Waals surface area contributed by atoms with Crippen molar-refractivity contribution in [1.29, 1.82) is 0 Å². The van der Waals surface area contributed by atoms with Crippen molar-refractivity contribution in [2.75, 3.05) is 25.9 Å². The van der Waals surface area contributed by atoms with Gasteiger partial charge in [-0.15, -0.1) is 23.7 Å². The molecule has 1 amide bonds. The van der Waals surface area contributed by atoms with Gasteiger partial charge in [-0.1, -0.05) is 19.1 Å². The summed E-state index contributed by atoms with van der Waals surface area (Å²) in [5.74, 6) is 1.40. The Labute approximate surface area is 232 Å². The molecule has 0 saturated carbocycles. The molecule has 2 aromatic heterocycles. The highest BCUT2D eigenvalue weighted by Crippen LogP contribution is 2.30. The van der Waals surface area contributed by atoms with Crippen molar-refractivity contribution in [2.24, 2.45) is 5.92 Å². The van der Waals surface area contributed by atoms with E-state index in [1.54, 1.807) is 42.5 Å². The summed E-state index contributed by atoms with van der Waals surface area (Å²) in [7, 11) is -2.43. The summed E-state index contributed by atoms with van der Waals surface area (Å²) in [5, 5.41) is 2.45. The minimum atomic E-state index is -3.99. The molecule has 1 unspecified atom stereocenters. The molecule has 1 aliphatic heterocycles. The van der Waals surface area contributed by atoms with Crippen LogP contribution >= 0.6 is 23.7 Å². The fourth-order valence-electron chi connectivity index (χ4n) is 4.72. The molecule has 38 heavy (non-hydrogen) atoms. The van der Waals surface area contributed by atoms with Crippen LogP contribution in [0.2, 0.25) is 0 Å². The van der Waals surface area contributed by atoms with Gasteiger partial charge in [0.2, 0.25) is 15.9 Å². The molecule has 5 rings (SSSR count). The summed E-state index contributed by atoms with van der Waals surface area (Å²) in [6, 6.07) is 13.3. The van der Waals surface area contributed by atoms with Gasteiger partial charge in [0.05, 0.1) is 12.0 Å². The highest BCUT2D eigenvalue weighted by Gasteiger charge is 2.32. The fourth-order valence-corrected chi connectivity index (χ4v) is 7.06. The van der Waals surface area contributed by atoms with Crippen molar-refractivity contribution in [3.63, 3.8) is 0 Å². The van der Waals surface area contributed by atoms with Gasteiger partial charge in [0.25, 0.3) is 0 Å². The number of benzene rings is 2. The Morgan fingerprint density at radius 1 is 1.16 bits per heavy atom. The summed E-state index contributed by atoms with van der Waals surface area (Å²) in [6.45, 7) is 3.42. The van der Waals surface area contributed by atoms with E-state index >= 15 is 0 Å². The predicted octanol–water partition coefficient (Wildman–Crippen LogP) is 4.61. The first-order valence-electron chi connectivity index (χ1n) is 12.3. The van der Waals surface area contributed by atoms with E-state index in [1.165, 1.54) is 11.3 Å². The zero-order chi connectivity index (χ0) is 26.2. The number of thiophene rings is 1. The zero-order valence-electron chi connectivity index (χ0n) is 21.2. The number of nitrogen functional groups attached to an aromatic ring is 1. The molecule has 202 valence electrons. The molecule has 0 bridgehead atoms. The second-order valence-electron chi connectivity index (χ2n) is 9.58. The van der Waals surface area contributed by atoms with Gasteiger partial charge >= 0.3 is 0 Å². The number of likely N-dealkylation sites (tertiary alicyclic amines) is 1. The number of carbonyl (C=O) groups is 1. The lowest BCUT2D eigenvalue weighted by molar-refractivity contribution is -0.134. The third-order valence-corrected chi connectivity index (χ3v) is 9.54. The Kier molecular flexibility index (Phi) is 8.46. The number of hydrogen-bond donors (Lipinski definition) is 2. The van der Waals surface area contributed by atoms with Crippen LogP contribution in [0.15, 0.2) is 59.6 Å². The molecule has 1 fully saturated rings. The number of hydrogen-bond acceptors (Lipinski definition) is 7. The number of sulfonamides is 1. The number of rotatable bonds is 7. The number of ether oxygens (including phenoxy) is 1. The van der Waals surface area contributed by atoms with Crippen LogP contribution < -0.4 is 15.2 Å². The molecular formula is C27H31ClN4O4S2. The molecule has 0 radical (unpaired) electrons. The Balaban J connectivity index is 0.00000336. The average molecular weight is 575 g/mol. The van der Waals surface area contributed by atoms with Crippen LogP contribution in [0, 0.1) is 5.92 Å². The van der Waals surface area contributed by atoms with Gasteiger partial charge in [-0.25, -0.2) is 13.4 Å². The second-order valence-corrected chi connectivity index (χ2v) is 12.5. The maximum Gasteiger partial charge on any atom is 0.241 e. The van der Waals surface area contributed by atoms with E-state index in [-0.39, 0.29) is 29.6 Å². The van der Waals surface area contributed by atoms with Crippen molar-refractivity contribution < 1.29 is 17.9 Å². The number of nitrogens with one attached hydrogen (secondary N) is 1. The van der Waals surface area contributed by atoms with E-state index in [2.05, 4.69) is 16.6 Å². The zero-order valence-corrected chi connectivity index (χ0v) is 23.7. The maximum absolute atomic E-state index is 13.6. The molecule has 1 atom stereocenters. The number of fused-ring (bicyclic) bond motifs is 2. The number of nitrogens with two attached hydrogens (primary N) is 1. The number of piperidine rings is 1. The smallest absolute Gasteiger partial charge is 0.241 e. The van der Waals surface area contributed by atoms with Crippen LogP contribution in [0.25, 0.3) is 20.9 Å². The first-order chi connectivity index (χ1) is 17.7. The van der Waals surface area contributed by atoms with Gasteiger partial charge in [0, 0.05) is 40.7 Å². The summed E-state index contributed by atoms with van der Waals surface area (Å²) in [4.78, 5) is 20.5. The van der Waals surface area contributed by atoms with E-state index in [4.69, 9.17) is 10.5 Å². The number of methoxy groups -OCH3 is 1. The molecule has 3 heterocycles. The van der Waals surface area contributed by atoms with Gasteiger partial charge in [-0.05, 0) is 65.9 Å². The van der Waals surface area contributed by atoms with E-state index in [0.717, 1.165) is 38.6 Å². The van der Waals surface area contributed by atoms with Gasteiger partial charge in [-0.3, -0.25) is 4.79 Å². The maximum atomic E-state index is 13.6. The first-order valence-corrected chi connectivity index (χ1v) is 14.6. The summed E-state index contributed by atoms with van der Waals surface area (Å²) in [6.07, 6.45) is 3.68. The normalized spacial score (nSPS) is 15.4. The summed E-state index contributed by atoms with van der Waals surface area (Å²) in [5.41, 5.74) is 6.03. The fraction of sp³-hybridized carbons (Fsp3) is 0.333. The number of nitrogens with zero attached hydrogens (tertiary/aromatic N) is 2. The third-order valence-electron chi connectivity index (χ3n) is 6.95. The number of pyridine rings is 1.